The van der Waals surface area contributed by atoms with E-state index in [0.29, 0.717) is 18.0 Å². The van der Waals surface area contributed by atoms with Crippen LogP contribution >= 0.6 is 11.6 Å². The van der Waals surface area contributed by atoms with Crippen molar-refractivity contribution in [2.75, 3.05) is 0 Å². The standard InChI is InChI=1S/C26H24ClNO3/c27-19-6-4-17(5-7-19)13-28-11-8-18-2-1-3-20(22(18)28)21(29)12-25(9-10-25)26-14-24(15-26,16-26)23(30)31/h1-8,11H,9-10,12-16H2,(H,30,31). The maximum Gasteiger partial charge on any atom is 0.309 e. The normalized spacial score (nSPS) is 27.4. The van der Waals surface area contributed by atoms with Crippen LogP contribution in [0, 0.1) is 16.2 Å². The van der Waals surface area contributed by atoms with Crippen molar-refractivity contribution in [2.45, 2.75) is 45.1 Å². The van der Waals surface area contributed by atoms with E-state index in [0.717, 1.165) is 54.1 Å². The van der Waals surface area contributed by atoms with Gasteiger partial charge >= 0.3 is 5.97 Å². The van der Waals surface area contributed by atoms with Crippen LogP contribution in [-0.4, -0.2) is 21.4 Å². The van der Waals surface area contributed by atoms with E-state index in [-0.39, 0.29) is 16.6 Å². The van der Waals surface area contributed by atoms with Crippen LogP contribution in [-0.2, 0) is 11.3 Å². The molecule has 7 rings (SSSR count). The molecule has 1 N–H and O–H groups in total. The summed E-state index contributed by atoms with van der Waals surface area (Å²) in [6.45, 7) is 0.682. The summed E-state index contributed by atoms with van der Waals surface area (Å²) in [7, 11) is 0. The Kier molecular flexibility index (Phi) is 3.84. The molecule has 2 aromatic carbocycles. The van der Waals surface area contributed by atoms with Gasteiger partial charge in [0.25, 0.3) is 0 Å². The van der Waals surface area contributed by atoms with Crippen molar-refractivity contribution in [3.05, 3.63) is 70.9 Å². The number of carbonyl (C=O) groups is 2. The molecule has 0 amide bonds. The maximum atomic E-state index is 13.5. The van der Waals surface area contributed by atoms with Gasteiger partial charge in [0, 0.05) is 35.1 Å². The summed E-state index contributed by atoms with van der Waals surface area (Å²) >= 11 is 6.02. The SMILES string of the molecule is O=C(CC1(C23CC(C(=O)O)(C2)C3)CC1)c1cccc2ccn(Cc3ccc(Cl)cc3)c12. The van der Waals surface area contributed by atoms with Gasteiger partial charge in [-0.25, -0.2) is 0 Å². The summed E-state index contributed by atoms with van der Waals surface area (Å²) in [6, 6.07) is 15.8. The molecule has 0 atom stereocenters. The fraction of sp³-hybridized carbons (Fsp3) is 0.385. The van der Waals surface area contributed by atoms with Crippen LogP contribution in [0.5, 0.6) is 0 Å². The van der Waals surface area contributed by atoms with E-state index in [1.54, 1.807) is 0 Å². The maximum absolute atomic E-state index is 13.5. The van der Waals surface area contributed by atoms with E-state index >= 15 is 0 Å². The lowest BCUT2D eigenvalue weighted by Crippen LogP contribution is -2.69. The van der Waals surface area contributed by atoms with Gasteiger partial charge in [0.15, 0.2) is 5.78 Å². The molecule has 4 aliphatic rings. The van der Waals surface area contributed by atoms with Gasteiger partial charge in [-0.05, 0) is 72.8 Å². The molecule has 4 saturated carbocycles. The van der Waals surface area contributed by atoms with Crippen molar-refractivity contribution >= 4 is 34.3 Å². The van der Waals surface area contributed by atoms with E-state index in [2.05, 4.69) is 16.7 Å². The number of fused-ring (bicyclic) bond motifs is 1. The van der Waals surface area contributed by atoms with Gasteiger partial charge in [0.2, 0.25) is 0 Å². The number of aromatic nitrogens is 1. The average Bonchev–Trinajstić information content (AvgIpc) is 3.32. The van der Waals surface area contributed by atoms with Crippen molar-refractivity contribution in [1.82, 2.24) is 4.57 Å². The number of aliphatic carboxylic acids is 1. The first-order valence-electron chi connectivity index (χ1n) is 10.9. The number of carboxylic acid groups (broad SMARTS) is 1. The third-order valence-corrected chi connectivity index (χ3v) is 8.57. The van der Waals surface area contributed by atoms with Crippen molar-refractivity contribution in [3.8, 4) is 0 Å². The highest BCUT2D eigenvalue weighted by Gasteiger charge is 2.80. The topological polar surface area (TPSA) is 59.3 Å². The van der Waals surface area contributed by atoms with Gasteiger partial charge in [-0.1, -0.05) is 35.9 Å². The Morgan fingerprint density at radius 2 is 1.71 bits per heavy atom. The Balaban J connectivity index is 1.28. The van der Waals surface area contributed by atoms with Crippen LogP contribution in [0.3, 0.4) is 0 Å². The third kappa shape index (κ3) is 2.67. The zero-order valence-corrected chi connectivity index (χ0v) is 18.0. The molecule has 4 nitrogen and oxygen atoms in total. The van der Waals surface area contributed by atoms with Crippen molar-refractivity contribution in [3.63, 3.8) is 0 Å². The summed E-state index contributed by atoms with van der Waals surface area (Å²) in [6.07, 6.45) is 6.97. The zero-order chi connectivity index (χ0) is 21.4. The van der Waals surface area contributed by atoms with E-state index in [1.807, 2.05) is 42.6 Å². The van der Waals surface area contributed by atoms with Gasteiger partial charge in [-0.15, -0.1) is 0 Å². The number of carbonyl (C=O) groups excluding carboxylic acids is 1. The van der Waals surface area contributed by atoms with Gasteiger partial charge < -0.3 is 9.67 Å². The first-order chi connectivity index (χ1) is 14.9. The fourth-order valence-electron chi connectivity index (χ4n) is 6.43. The van der Waals surface area contributed by atoms with Crippen molar-refractivity contribution in [2.24, 2.45) is 16.2 Å². The molecule has 0 aliphatic heterocycles. The molecule has 1 aromatic heterocycles. The van der Waals surface area contributed by atoms with Crippen LogP contribution in [0.1, 0.15) is 54.4 Å². The van der Waals surface area contributed by atoms with E-state index < -0.39 is 11.4 Å². The zero-order valence-electron chi connectivity index (χ0n) is 17.2. The number of benzene rings is 2. The molecule has 31 heavy (non-hydrogen) atoms. The third-order valence-electron chi connectivity index (χ3n) is 8.32. The molecule has 0 saturated heterocycles. The number of carboxylic acids is 1. The number of Topliss-reactive ketones (excluding diaryl/α,β-unsaturated/α-hetero) is 1. The lowest BCUT2D eigenvalue weighted by Gasteiger charge is -2.72. The Bertz CT molecular complexity index is 1220. The number of halogens is 1. The predicted molar refractivity (Wildman–Crippen MR) is 119 cm³/mol. The second-order valence-electron chi connectivity index (χ2n) is 10.1. The molecule has 4 aliphatic carbocycles. The Morgan fingerprint density at radius 3 is 2.35 bits per heavy atom. The molecule has 1 heterocycles. The van der Waals surface area contributed by atoms with E-state index in [4.69, 9.17) is 11.6 Å². The van der Waals surface area contributed by atoms with Crippen LogP contribution in [0.2, 0.25) is 5.02 Å². The van der Waals surface area contributed by atoms with Crippen LogP contribution in [0.4, 0.5) is 0 Å². The number of nitrogens with zero attached hydrogens (tertiary/aromatic N) is 1. The summed E-state index contributed by atoms with van der Waals surface area (Å²) in [5.41, 5.74) is 2.54. The Hall–Kier alpha value is -2.59. The van der Waals surface area contributed by atoms with E-state index in [1.165, 1.54) is 0 Å². The van der Waals surface area contributed by atoms with Crippen molar-refractivity contribution in [1.29, 1.82) is 0 Å². The van der Waals surface area contributed by atoms with Crippen LogP contribution in [0.15, 0.2) is 54.7 Å². The summed E-state index contributed by atoms with van der Waals surface area (Å²) < 4.78 is 2.14. The molecule has 0 radical (unpaired) electrons. The number of hydrogen-bond acceptors (Lipinski definition) is 2. The second-order valence-corrected chi connectivity index (χ2v) is 10.5. The fourth-order valence-corrected chi connectivity index (χ4v) is 6.56. The molecule has 5 heteroatoms. The number of ketones is 1. The quantitative estimate of drug-likeness (QED) is 0.468. The first kappa shape index (κ1) is 19.1. The van der Waals surface area contributed by atoms with Crippen LogP contribution < -0.4 is 0 Å². The molecule has 158 valence electrons. The highest BCUT2D eigenvalue weighted by atomic mass is 35.5. The summed E-state index contributed by atoms with van der Waals surface area (Å²) in [4.78, 5) is 25.1. The highest BCUT2D eigenvalue weighted by Crippen LogP contribution is 2.85. The largest absolute Gasteiger partial charge is 0.481 e. The van der Waals surface area contributed by atoms with Gasteiger partial charge in [0.05, 0.1) is 10.9 Å². The minimum absolute atomic E-state index is 0.0249. The van der Waals surface area contributed by atoms with Gasteiger partial charge in [-0.3, -0.25) is 9.59 Å². The smallest absolute Gasteiger partial charge is 0.309 e. The van der Waals surface area contributed by atoms with Gasteiger partial charge in [-0.2, -0.15) is 0 Å². The van der Waals surface area contributed by atoms with Crippen molar-refractivity contribution < 1.29 is 14.7 Å². The molecule has 0 spiro atoms. The summed E-state index contributed by atoms with van der Waals surface area (Å²) in [5, 5.41) is 11.3. The Morgan fingerprint density at radius 1 is 1.00 bits per heavy atom. The van der Waals surface area contributed by atoms with Crippen LogP contribution in [0.25, 0.3) is 10.9 Å². The number of rotatable bonds is 7. The summed E-state index contributed by atoms with van der Waals surface area (Å²) in [5.74, 6) is -0.463. The molecule has 3 aromatic rings. The average molecular weight is 434 g/mol. The number of para-hydroxylation sites is 1. The predicted octanol–water partition coefficient (Wildman–Crippen LogP) is 5.95. The lowest BCUT2D eigenvalue weighted by atomic mass is 9.30. The number of hydrogen-bond donors (Lipinski definition) is 1. The highest BCUT2D eigenvalue weighted by molar-refractivity contribution is 6.30. The minimum atomic E-state index is -0.652. The second kappa shape index (κ2) is 6.23. The molecule has 0 unspecified atom stereocenters. The molecule has 2 bridgehead atoms. The first-order valence-corrected chi connectivity index (χ1v) is 11.3. The minimum Gasteiger partial charge on any atom is -0.481 e. The Labute approximate surface area is 185 Å². The molecule has 4 fully saturated rings. The molecular weight excluding hydrogens is 410 g/mol. The lowest BCUT2D eigenvalue weighted by molar-refractivity contribution is -0.248. The van der Waals surface area contributed by atoms with E-state index in [9.17, 15) is 14.7 Å². The molecular formula is C26H24ClNO3. The monoisotopic (exact) mass is 433 g/mol. The van der Waals surface area contributed by atoms with Gasteiger partial charge in [0.1, 0.15) is 0 Å².